The van der Waals surface area contributed by atoms with Crippen molar-refractivity contribution in [3.8, 4) is 0 Å². The third-order valence-corrected chi connectivity index (χ3v) is 5.27. The van der Waals surface area contributed by atoms with Crippen LogP contribution in [-0.4, -0.2) is 25.3 Å². The Morgan fingerprint density at radius 2 is 1.95 bits per heavy atom. The van der Waals surface area contributed by atoms with E-state index in [-0.39, 0.29) is 16.6 Å². The maximum Gasteiger partial charge on any atom is 0.245 e. The van der Waals surface area contributed by atoms with E-state index in [1.807, 2.05) is 13.8 Å². The molecule has 0 radical (unpaired) electrons. The molecule has 1 rings (SSSR count). The number of hydrogen-bond acceptors (Lipinski definition) is 3. The van der Waals surface area contributed by atoms with Gasteiger partial charge in [0.25, 0.3) is 0 Å². The second kappa shape index (κ2) is 7.04. The molecule has 0 heterocycles. The minimum absolute atomic E-state index is 0.0240. The lowest BCUT2D eigenvalue weighted by Gasteiger charge is -2.26. The summed E-state index contributed by atoms with van der Waals surface area (Å²) in [5.41, 5.74) is 5.60. The average molecular weight is 302 g/mol. The molecule has 0 atom stereocenters. The Morgan fingerprint density at radius 3 is 2.45 bits per heavy atom. The van der Waals surface area contributed by atoms with E-state index in [0.717, 1.165) is 31.4 Å². The van der Waals surface area contributed by atoms with Crippen LogP contribution in [0.15, 0.2) is 23.1 Å². The van der Waals surface area contributed by atoms with Gasteiger partial charge in [-0.15, -0.1) is 0 Å². The molecule has 0 aliphatic carbocycles. The molecule has 0 bridgehead atoms. The molecule has 20 heavy (non-hydrogen) atoms. The zero-order chi connectivity index (χ0) is 15.3. The first-order chi connectivity index (χ1) is 9.30. The number of rotatable bonds is 7. The Bertz CT molecular complexity index is 544. The third kappa shape index (κ3) is 3.93. The molecular formula is C14H23FN2O2S. The molecule has 0 unspecified atom stereocenters. The first-order valence-corrected chi connectivity index (χ1v) is 8.31. The van der Waals surface area contributed by atoms with Crippen molar-refractivity contribution in [2.75, 3.05) is 12.3 Å². The maximum atomic E-state index is 13.1. The summed E-state index contributed by atoms with van der Waals surface area (Å²) in [6, 6.07) is 3.22. The second-order valence-corrected chi connectivity index (χ2v) is 6.96. The lowest BCUT2D eigenvalue weighted by molar-refractivity contribution is 0.346. The van der Waals surface area contributed by atoms with E-state index in [1.165, 1.54) is 10.4 Å². The molecule has 0 saturated carbocycles. The van der Waals surface area contributed by atoms with Crippen LogP contribution in [-0.2, 0) is 10.0 Å². The molecule has 114 valence electrons. The smallest absolute Gasteiger partial charge is 0.245 e. The highest BCUT2D eigenvalue weighted by Gasteiger charge is 2.28. The van der Waals surface area contributed by atoms with Crippen molar-refractivity contribution in [2.24, 2.45) is 0 Å². The molecule has 0 aromatic heterocycles. The number of hydrogen-bond donors (Lipinski definition) is 1. The van der Waals surface area contributed by atoms with E-state index in [4.69, 9.17) is 5.73 Å². The van der Waals surface area contributed by atoms with Gasteiger partial charge in [0.1, 0.15) is 10.7 Å². The molecule has 1 aromatic rings. The number of halogens is 1. The van der Waals surface area contributed by atoms with Crippen molar-refractivity contribution in [1.29, 1.82) is 0 Å². The molecule has 0 spiro atoms. The number of nitrogens with two attached hydrogens (primary N) is 1. The van der Waals surface area contributed by atoms with Crippen molar-refractivity contribution in [1.82, 2.24) is 4.31 Å². The molecular weight excluding hydrogens is 279 g/mol. The highest BCUT2D eigenvalue weighted by molar-refractivity contribution is 7.89. The fourth-order valence-electron chi connectivity index (χ4n) is 2.05. The highest BCUT2D eigenvalue weighted by atomic mass is 32.2. The average Bonchev–Trinajstić information content (AvgIpc) is 2.33. The first kappa shape index (κ1) is 16.9. The SMILES string of the molecule is CCCCCN(C(C)C)S(=O)(=O)c1ccc(F)cc1N. The Morgan fingerprint density at radius 1 is 1.30 bits per heavy atom. The molecule has 0 aliphatic rings. The molecule has 4 nitrogen and oxygen atoms in total. The summed E-state index contributed by atoms with van der Waals surface area (Å²) in [6.07, 6.45) is 2.79. The van der Waals surface area contributed by atoms with Crippen LogP contribution in [0.2, 0.25) is 0 Å². The summed E-state index contributed by atoms with van der Waals surface area (Å²) in [4.78, 5) is -0.0240. The quantitative estimate of drug-likeness (QED) is 0.622. The van der Waals surface area contributed by atoms with Crippen molar-refractivity contribution >= 4 is 15.7 Å². The van der Waals surface area contributed by atoms with Crippen LogP contribution < -0.4 is 5.73 Å². The van der Waals surface area contributed by atoms with Gasteiger partial charge in [0.2, 0.25) is 10.0 Å². The van der Waals surface area contributed by atoms with E-state index in [9.17, 15) is 12.8 Å². The maximum absolute atomic E-state index is 13.1. The number of nitrogens with zero attached hydrogens (tertiary/aromatic N) is 1. The third-order valence-electron chi connectivity index (χ3n) is 3.12. The highest BCUT2D eigenvalue weighted by Crippen LogP contribution is 2.25. The summed E-state index contributed by atoms with van der Waals surface area (Å²) in [7, 11) is -3.69. The van der Waals surface area contributed by atoms with Gasteiger partial charge in [-0.1, -0.05) is 19.8 Å². The Hall–Kier alpha value is -1.14. The van der Waals surface area contributed by atoms with Crippen LogP contribution in [0.3, 0.4) is 0 Å². The molecule has 0 aliphatic heterocycles. The molecule has 0 amide bonds. The zero-order valence-electron chi connectivity index (χ0n) is 12.3. The molecule has 2 N–H and O–H groups in total. The van der Waals surface area contributed by atoms with Gasteiger partial charge < -0.3 is 5.73 Å². The Kier molecular flexibility index (Phi) is 5.95. The predicted molar refractivity (Wildman–Crippen MR) is 79.4 cm³/mol. The number of anilines is 1. The van der Waals surface area contributed by atoms with Crippen molar-refractivity contribution < 1.29 is 12.8 Å². The summed E-state index contributed by atoms with van der Waals surface area (Å²) < 4.78 is 39.7. The summed E-state index contributed by atoms with van der Waals surface area (Å²) >= 11 is 0. The summed E-state index contributed by atoms with van der Waals surface area (Å²) in [6.45, 7) is 6.16. The van der Waals surface area contributed by atoms with Crippen LogP contribution in [0.5, 0.6) is 0 Å². The normalized spacial score (nSPS) is 12.3. The Labute approximate surface area is 120 Å². The Balaban J connectivity index is 3.09. The van der Waals surface area contributed by atoms with Crippen molar-refractivity contribution in [3.05, 3.63) is 24.0 Å². The van der Waals surface area contributed by atoms with Crippen LogP contribution in [0.4, 0.5) is 10.1 Å². The van der Waals surface area contributed by atoms with Gasteiger partial charge in [-0.3, -0.25) is 0 Å². The number of unbranched alkanes of at least 4 members (excludes halogenated alkanes) is 2. The second-order valence-electron chi connectivity index (χ2n) is 5.10. The zero-order valence-corrected chi connectivity index (χ0v) is 13.1. The van der Waals surface area contributed by atoms with Crippen LogP contribution in [0.1, 0.15) is 40.0 Å². The minimum Gasteiger partial charge on any atom is -0.398 e. The summed E-state index contributed by atoms with van der Waals surface area (Å²) in [5, 5.41) is 0. The van der Waals surface area contributed by atoms with Gasteiger partial charge in [-0.2, -0.15) is 4.31 Å². The molecule has 0 saturated heterocycles. The van der Waals surface area contributed by atoms with E-state index in [0.29, 0.717) is 6.54 Å². The van der Waals surface area contributed by atoms with E-state index in [1.54, 1.807) is 0 Å². The monoisotopic (exact) mass is 302 g/mol. The minimum atomic E-state index is -3.69. The standard InChI is InChI=1S/C14H23FN2O2S/c1-4-5-6-9-17(11(2)3)20(18,19)14-8-7-12(15)10-13(14)16/h7-8,10-11H,4-6,9,16H2,1-3H3. The van der Waals surface area contributed by atoms with Gasteiger partial charge >= 0.3 is 0 Å². The lowest BCUT2D eigenvalue weighted by atomic mass is 10.2. The van der Waals surface area contributed by atoms with Crippen molar-refractivity contribution in [3.63, 3.8) is 0 Å². The summed E-state index contributed by atoms with van der Waals surface area (Å²) in [5.74, 6) is -0.538. The van der Waals surface area contributed by atoms with E-state index < -0.39 is 15.8 Å². The van der Waals surface area contributed by atoms with Crippen LogP contribution in [0, 0.1) is 5.82 Å². The number of sulfonamides is 1. The fraction of sp³-hybridized carbons (Fsp3) is 0.571. The van der Waals surface area contributed by atoms with E-state index in [2.05, 4.69) is 6.92 Å². The van der Waals surface area contributed by atoms with Crippen molar-refractivity contribution in [2.45, 2.75) is 51.0 Å². The predicted octanol–water partition coefficient (Wildman–Crippen LogP) is 3.00. The lowest BCUT2D eigenvalue weighted by Crippen LogP contribution is -2.38. The van der Waals surface area contributed by atoms with Gasteiger partial charge in [-0.25, -0.2) is 12.8 Å². The topological polar surface area (TPSA) is 63.4 Å². The van der Waals surface area contributed by atoms with Gasteiger partial charge in [0.05, 0.1) is 5.69 Å². The van der Waals surface area contributed by atoms with Crippen LogP contribution >= 0.6 is 0 Å². The number of nitrogen functional groups attached to an aromatic ring is 1. The fourth-order valence-corrected chi connectivity index (χ4v) is 3.83. The van der Waals surface area contributed by atoms with E-state index >= 15 is 0 Å². The van der Waals surface area contributed by atoms with Gasteiger partial charge in [0.15, 0.2) is 0 Å². The van der Waals surface area contributed by atoms with Gasteiger partial charge in [-0.05, 0) is 38.5 Å². The molecule has 1 aromatic carbocycles. The largest absolute Gasteiger partial charge is 0.398 e. The first-order valence-electron chi connectivity index (χ1n) is 6.87. The molecule has 6 heteroatoms. The molecule has 0 fully saturated rings. The van der Waals surface area contributed by atoms with Crippen LogP contribution in [0.25, 0.3) is 0 Å². The number of benzene rings is 1. The van der Waals surface area contributed by atoms with Gasteiger partial charge in [0, 0.05) is 12.6 Å².